The predicted octanol–water partition coefficient (Wildman–Crippen LogP) is 8.19. The number of hydrogen-bond donors (Lipinski definition) is 0. The molecule has 28 heavy (non-hydrogen) atoms. The van der Waals surface area contributed by atoms with Gasteiger partial charge in [-0.1, -0.05) is 50.4 Å². The Morgan fingerprint density at radius 1 is 1.14 bits per heavy atom. The van der Waals surface area contributed by atoms with Crippen molar-refractivity contribution in [2.75, 3.05) is 0 Å². The molecule has 1 unspecified atom stereocenters. The Labute approximate surface area is 187 Å². The lowest BCUT2D eigenvalue weighted by Gasteiger charge is -2.30. The summed E-state index contributed by atoms with van der Waals surface area (Å²) in [5.74, 6) is 0.232. The molecule has 0 saturated heterocycles. The van der Waals surface area contributed by atoms with Gasteiger partial charge in [-0.05, 0) is 54.4 Å². The summed E-state index contributed by atoms with van der Waals surface area (Å²) in [6.45, 7) is 2.10. The van der Waals surface area contributed by atoms with Crippen LogP contribution >= 0.6 is 54.8 Å². The van der Waals surface area contributed by atoms with E-state index in [1.54, 1.807) is 0 Å². The molecule has 1 aliphatic heterocycles. The fourth-order valence-electron chi connectivity index (χ4n) is 3.92. The lowest BCUT2D eigenvalue weighted by Crippen LogP contribution is -2.22. The van der Waals surface area contributed by atoms with E-state index in [1.165, 1.54) is 17.4 Å². The minimum atomic E-state index is -0.405. The lowest BCUT2D eigenvalue weighted by molar-refractivity contribution is 0.175. The van der Waals surface area contributed by atoms with Crippen LogP contribution in [0.4, 0.5) is 4.39 Å². The third kappa shape index (κ3) is 2.76. The first-order valence-corrected chi connectivity index (χ1v) is 11.5. The van der Waals surface area contributed by atoms with Gasteiger partial charge in [-0.2, -0.15) is 0 Å². The molecule has 0 fully saturated rings. The number of thiophene rings is 1. The molecule has 3 heterocycles. The van der Waals surface area contributed by atoms with Crippen molar-refractivity contribution in [2.24, 2.45) is 0 Å². The average molecular weight is 542 g/mol. The third-order valence-electron chi connectivity index (χ3n) is 4.99. The van der Waals surface area contributed by atoms with Crippen molar-refractivity contribution in [2.45, 2.75) is 19.6 Å². The largest absolute Gasteiger partial charge is 0.464 e. The van der Waals surface area contributed by atoms with E-state index in [1.807, 2.05) is 24.3 Å². The van der Waals surface area contributed by atoms with Gasteiger partial charge in [-0.25, -0.2) is 4.39 Å². The van der Waals surface area contributed by atoms with Gasteiger partial charge in [0.05, 0.1) is 26.0 Å². The zero-order chi connectivity index (χ0) is 19.6. The van der Waals surface area contributed by atoms with Crippen LogP contribution in [0.1, 0.15) is 23.6 Å². The molecule has 4 aromatic rings. The highest BCUT2D eigenvalue weighted by atomic mass is 79.9. The minimum absolute atomic E-state index is 0.301. The molecule has 7 heteroatoms. The Kier molecular flexibility index (Phi) is 4.58. The smallest absolute Gasteiger partial charge is 0.212 e. The average Bonchev–Trinajstić information content (AvgIpc) is 3.21. The van der Waals surface area contributed by atoms with Crippen LogP contribution in [0.2, 0.25) is 4.34 Å². The number of halogens is 4. The maximum Gasteiger partial charge on any atom is 0.212 e. The zero-order valence-electron chi connectivity index (χ0n) is 14.6. The standard InChI is InChI=1S/C21H13Br2ClFNOS/c1-2-12-13-7-10(22)3-4-15(13)26-20(12)19-14(25)8-11(23)9-16(19)27-21(26)17-5-6-18(24)28-17/h3-9,21H,2H2,1H3. The Bertz CT molecular complexity index is 1250. The summed E-state index contributed by atoms with van der Waals surface area (Å²) in [5, 5.41) is 1.10. The van der Waals surface area contributed by atoms with Gasteiger partial charge in [0, 0.05) is 14.3 Å². The van der Waals surface area contributed by atoms with Gasteiger partial charge in [0.25, 0.3) is 0 Å². The Morgan fingerprint density at radius 2 is 1.96 bits per heavy atom. The third-order valence-corrected chi connectivity index (χ3v) is 7.20. The number of rotatable bonds is 2. The van der Waals surface area contributed by atoms with Crippen LogP contribution in [0.15, 0.2) is 51.4 Å². The molecule has 142 valence electrons. The summed E-state index contributed by atoms with van der Waals surface area (Å²) in [6, 6.07) is 13.3. The van der Waals surface area contributed by atoms with E-state index in [-0.39, 0.29) is 5.82 Å². The van der Waals surface area contributed by atoms with Crippen LogP contribution < -0.4 is 4.74 Å². The molecule has 0 spiro atoms. The Hall–Kier alpha value is -1.34. The van der Waals surface area contributed by atoms with Crippen LogP contribution in [-0.2, 0) is 6.42 Å². The zero-order valence-corrected chi connectivity index (χ0v) is 19.3. The Morgan fingerprint density at radius 3 is 2.68 bits per heavy atom. The molecular weight excluding hydrogens is 529 g/mol. The molecule has 0 bridgehead atoms. The molecule has 2 aromatic carbocycles. The fraction of sp³-hybridized carbons (Fsp3) is 0.143. The summed E-state index contributed by atoms with van der Waals surface area (Å²) < 4.78 is 25.9. The van der Waals surface area contributed by atoms with Crippen molar-refractivity contribution in [1.82, 2.24) is 4.57 Å². The maximum atomic E-state index is 15.1. The van der Waals surface area contributed by atoms with Gasteiger partial charge in [0.1, 0.15) is 11.6 Å². The molecule has 0 amide bonds. The monoisotopic (exact) mass is 539 g/mol. The van der Waals surface area contributed by atoms with Crippen molar-refractivity contribution in [1.29, 1.82) is 0 Å². The highest BCUT2D eigenvalue weighted by Crippen LogP contribution is 2.49. The summed E-state index contributed by atoms with van der Waals surface area (Å²) in [6.07, 6.45) is 0.375. The number of hydrogen-bond acceptors (Lipinski definition) is 2. The fourth-order valence-corrected chi connectivity index (χ4v) is 5.77. The molecule has 2 aromatic heterocycles. The van der Waals surface area contributed by atoms with E-state index < -0.39 is 6.23 Å². The summed E-state index contributed by atoms with van der Waals surface area (Å²) in [4.78, 5) is 0.972. The highest BCUT2D eigenvalue weighted by Gasteiger charge is 2.34. The number of benzene rings is 2. The molecule has 0 aliphatic carbocycles. The van der Waals surface area contributed by atoms with Crippen molar-refractivity contribution in [3.63, 3.8) is 0 Å². The normalized spacial score (nSPS) is 15.4. The van der Waals surface area contributed by atoms with Crippen molar-refractivity contribution >= 4 is 65.7 Å². The van der Waals surface area contributed by atoms with Gasteiger partial charge >= 0.3 is 0 Å². The number of nitrogens with zero attached hydrogens (tertiary/aromatic N) is 1. The topological polar surface area (TPSA) is 14.2 Å². The first kappa shape index (κ1) is 18.7. The molecule has 0 N–H and O–H groups in total. The molecule has 1 atom stereocenters. The molecule has 1 aliphatic rings. The van der Waals surface area contributed by atoms with Crippen LogP contribution in [0.25, 0.3) is 22.2 Å². The second-order valence-electron chi connectivity index (χ2n) is 6.59. The molecular formula is C21H13Br2ClFNOS. The van der Waals surface area contributed by atoms with Crippen molar-refractivity contribution in [3.8, 4) is 17.0 Å². The van der Waals surface area contributed by atoms with E-state index in [0.717, 1.165) is 37.9 Å². The van der Waals surface area contributed by atoms with E-state index in [0.29, 0.717) is 20.1 Å². The summed E-state index contributed by atoms with van der Waals surface area (Å²) >= 11 is 14.6. The number of aryl methyl sites for hydroxylation is 1. The van der Waals surface area contributed by atoms with Crippen LogP contribution in [-0.4, -0.2) is 4.57 Å². The maximum absolute atomic E-state index is 15.1. The van der Waals surface area contributed by atoms with E-state index in [2.05, 4.69) is 55.5 Å². The second-order valence-corrected chi connectivity index (χ2v) is 10.2. The highest BCUT2D eigenvalue weighted by molar-refractivity contribution is 9.10. The van der Waals surface area contributed by atoms with Gasteiger partial charge in [-0.15, -0.1) is 11.3 Å². The molecule has 0 radical (unpaired) electrons. The van der Waals surface area contributed by atoms with Crippen LogP contribution in [0.5, 0.6) is 5.75 Å². The number of ether oxygens (including phenoxy) is 1. The predicted molar refractivity (Wildman–Crippen MR) is 120 cm³/mol. The quantitative estimate of drug-likeness (QED) is 0.250. The van der Waals surface area contributed by atoms with E-state index >= 15 is 4.39 Å². The first-order chi connectivity index (χ1) is 13.5. The van der Waals surface area contributed by atoms with Crippen molar-refractivity contribution < 1.29 is 9.13 Å². The first-order valence-electron chi connectivity index (χ1n) is 8.71. The second kappa shape index (κ2) is 6.87. The molecule has 5 rings (SSSR count). The molecule has 2 nitrogen and oxygen atoms in total. The van der Waals surface area contributed by atoms with Gasteiger partial charge in [-0.3, -0.25) is 4.57 Å². The van der Waals surface area contributed by atoms with Gasteiger partial charge in [0.15, 0.2) is 0 Å². The van der Waals surface area contributed by atoms with E-state index in [9.17, 15) is 0 Å². The summed E-state index contributed by atoms with van der Waals surface area (Å²) in [7, 11) is 0. The number of aromatic nitrogens is 1. The van der Waals surface area contributed by atoms with Gasteiger partial charge in [0.2, 0.25) is 6.23 Å². The number of fused-ring (bicyclic) bond motifs is 5. The lowest BCUT2D eigenvalue weighted by atomic mass is 10.0. The van der Waals surface area contributed by atoms with Crippen molar-refractivity contribution in [3.05, 3.63) is 72.0 Å². The van der Waals surface area contributed by atoms with Crippen LogP contribution in [0, 0.1) is 5.82 Å². The minimum Gasteiger partial charge on any atom is -0.464 e. The van der Waals surface area contributed by atoms with Gasteiger partial charge < -0.3 is 4.74 Å². The SMILES string of the molecule is CCc1c2n(c3ccc(Br)cc13)C(c1ccc(Cl)s1)Oc1cc(Br)cc(F)c1-2. The summed E-state index contributed by atoms with van der Waals surface area (Å²) in [5.41, 5.74) is 3.50. The molecule has 0 saturated carbocycles. The Balaban J connectivity index is 1.92. The van der Waals surface area contributed by atoms with Crippen LogP contribution in [0.3, 0.4) is 0 Å². The van der Waals surface area contributed by atoms with E-state index in [4.69, 9.17) is 16.3 Å².